The van der Waals surface area contributed by atoms with Crippen LogP contribution < -0.4 is 5.32 Å². The molecule has 0 aliphatic heterocycles. The lowest BCUT2D eigenvalue weighted by Crippen LogP contribution is -2.47. The van der Waals surface area contributed by atoms with Gasteiger partial charge >= 0.3 is 6.09 Å². The minimum absolute atomic E-state index is 0.143. The number of carbonyl (C=O) groups is 1. The molecule has 0 aliphatic rings. The van der Waals surface area contributed by atoms with Gasteiger partial charge in [-0.2, -0.15) is 0 Å². The summed E-state index contributed by atoms with van der Waals surface area (Å²) in [5, 5.41) is 13.1. The van der Waals surface area contributed by atoms with E-state index in [-0.39, 0.29) is 11.1 Å². The number of hydrogen-bond acceptors (Lipinski definition) is 4. The summed E-state index contributed by atoms with van der Waals surface area (Å²) in [6.07, 6.45) is 0.0364. The molecular weight excluding hydrogens is 310 g/mol. The van der Waals surface area contributed by atoms with Crippen LogP contribution in [0.2, 0.25) is 18.1 Å². The van der Waals surface area contributed by atoms with E-state index in [1.165, 1.54) is 0 Å². The quantitative estimate of drug-likeness (QED) is 0.681. The average molecular weight is 348 g/mol. The number of ether oxygens (including phenoxy) is 1. The van der Waals surface area contributed by atoms with Crippen LogP contribution in [0.25, 0.3) is 0 Å². The average Bonchev–Trinajstić information content (AvgIpc) is 2.32. The number of hydrogen-bond donors (Lipinski definition) is 2. The molecular formula is C17H37NO4Si. The van der Waals surface area contributed by atoms with Gasteiger partial charge in [-0.3, -0.25) is 0 Å². The first-order valence-corrected chi connectivity index (χ1v) is 11.4. The predicted octanol–water partition coefficient (Wildman–Crippen LogP) is 4.06. The molecule has 0 saturated carbocycles. The Bertz CT molecular complexity index is 372. The lowest BCUT2D eigenvalue weighted by Gasteiger charge is -2.36. The summed E-state index contributed by atoms with van der Waals surface area (Å²) in [6, 6.07) is -0.361. The number of aliphatic hydroxyl groups excluding tert-OH is 1. The summed E-state index contributed by atoms with van der Waals surface area (Å²) in [5.41, 5.74) is -0.552. The van der Waals surface area contributed by atoms with Crippen molar-refractivity contribution >= 4 is 14.4 Å². The molecule has 5 nitrogen and oxygen atoms in total. The fraction of sp³-hybridized carbons (Fsp3) is 0.941. The molecule has 23 heavy (non-hydrogen) atoms. The topological polar surface area (TPSA) is 67.8 Å². The van der Waals surface area contributed by atoms with Crippen LogP contribution in [-0.2, 0) is 9.16 Å². The van der Waals surface area contributed by atoms with Gasteiger partial charge in [0.05, 0.1) is 12.1 Å². The molecule has 6 heteroatoms. The molecule has 0 rings (SSSR count). The summed E-state index contributed by atoms with van der Waals surface area (Å²) in [4.78, 5) is 11.9. The van der Waals surface area contributed by atoms with E-state index >= 15 is 0 Å². The van der Waals surface area contributed by atoms with Crippen molar-refractivity contribution in [3.63, 3.8) is 0 Å². The molecule has 2 atom stereocenters. The number of aliphatic hydroxyl groups is 1. The third-order valence-electron chi connectivity index (χ3n) is 4.28. The monoisotopic (exact) mass is 347 g/mol. The summed E-state index contributed by atoms with van der Waals surface area (Å²) in [7, 11) is -1.82. The Balaban J connectivity index is 4.62. The summed E-state index contributed by atoms with van der Waals surface area (Å²) >= 11 is 0. The van der Waals surface area contributed by atoms with Gasteiger partial charge in [-0.1, -0.05) is 27.7 Å². The van der Waals surface area contributed by atoms with Crippen LogP contribution in [0.4, 0.5) is 4.79 Å². The Hall–Kier alpha value is -0.593. The molecule has 0 fully saturated rings. The lowest BCUT2D eigenvalue weighted by molar-refractivity contribution is 0.0396. The molecule has 2 N–H and O–H groups in total. The number of alkyl carbamates (subject to hydrolysis) is 1. The van der Waals surface area contributed by atoms with Crippen molar-refractivity contribution in [3.8, 4) is 0 Å². The Kier molecular flexibility index (Phi) is 8.27. The van der Waals surface area contributed by atoms with Gasteiger partial charge in [0.1, 0.15) is 5.60 Å². The summed E-state index contributed by atoms with van der Waals surface area (Å²) < 4.78 is 11.4. The number of nitrogens with one attached hydrogen (secondary N) is 1. The second-order valence-electron chi connectivity index (χ2n) is 8.63. The van der Waals surface area contributed by atoms with Gasteiger partial charge < -0.3 is 19.6 Å². The van der Waals surface area contributed by atoms with Gasteiger partial charge in [0.15, 0.2) is 8.32 Å². The van der Waals surface area contributed by atoms with Gasteiger partial charge in [0.25, 0.3) is 0 Å². The Morgan fingerprint density at radius 2 is 1.70 bits per heavy atom. The molecule has 0 spiro atoms. The Morgan fingerprint density at radius 3 is 2.09 bits per heavy atom. The largest absolute Gasteiger partial charge is 0.444 e. The minimum atomic E-state index is -1.82. The molecule has 0 aromatic heterocycles. The van der Waals surface area contributed by atoms with Crippen molar-refractivity contribution in [1.29, 1.82) is 0 Å². The maximum Gasteiger partial charge on any atom is 0.407 e. The van der Waals surface area contributed by atoms with Gasteiger partial charge in [0, 0.05) is 6.61 Å². The van der Waals surface area contributed by atoms with E-state index in [1.54, 1.807) is 0 Å². The molecule has 0 aromatic carbocycles. The van der Waals surface area contributed by atoms with Gasteiger partial charge in [0.2, 0.25) is 0 Å². The molecule has 0 heterocycles. The van der Waals surface area contributed by atoms with Crippen LogP contribution in [0.1, 0.15) is 61.3 Å². The van der Waals surface area contributed by atoms with Crippen molar-refractivity contribution in [2.45, 2.75) is 97.2 Å². The van der Waals surface area contributed by atoms with Crippen molar-refractivity contribution in [1.82, 2.24) is 5.32 Å². The molecule has 0 radical (unpaired) electrons. The zero-order valence-corrected chi connectivity index (χ0v) is 17.4. The highest BCUT2D eigenvalue weighted by Gasteiger charge is 2.37. The van der Waals surface area contributed by atoms with E-state index in [2.05, 4.69) is 39.2 Å². The fourth-order valence-corrected chi connectivity index (χ4v) is 2.82. The van der Waals surface area contributed by atoms with Crippen molar-refractivity contribution in [3.05, 3.63) is 0 Å². The van der Waals surface area contributed by atoms with Crippen LogP contribution >= 0.6 is 0 Å². The highest BCUT2D eigenvalue weighted by atomic mass is 28.4. The van der Waals surface area contributed by atoms with E-state index in [4.69, 9.17) is 9.16 Å². The fourth-order valence-electron chi connectivity index (χ4n) is 1.76. The zero-order valence-electron chi connectivity index (χ0n) is 16.4. The van der Waals surface area contributed by atoms with Gasteiger partial charge in [-0.05, 0) is 51.7 Å². The van der Waals surface area contributed by atoms with E-state index in [1.807, 2.05) is 27.7 Å². The zero-order chi connectivity index (χ0) is 18.5. The number of carbonyl (C=O) groups excluding carboxylic acids is 1. The summed E-state index contributed by atoms with van der Waals surface area (Å²) in [6.45, 7) is 18.8. The van der Waals surface area contributed by atoms with E-state index in [0.29, 0.717) is 19.4 Å². The van der Waals surface area contributed by atoms with Crippen LogP contribution in [0.15, 0.2) is 0 Å². The molecule has 0 aromatic rings. The van der Waals surface area contributed by atoms with Gasteiger partial charge in [-0.25, -0.2) is 4.79 Å². The van der Waals surface area contributed by atoms with Crippen LogP contribution in [0, 0.1) is 0 Å². The second kappa shape index (κ2) is 8.49. The highest BCUT2D eigenvalue weighted by Crippen LogP contribution is 2.36. The molecule has 0 aliphatic carbocycles. The molecule has 138 valence electrons. The third-order valence-corrected chi connectivity index (χ3v) is 8.82. The molecule has 0 saturated heterocycles. The van der Waals surface area contributed by atoms with E-state index < -0.39 is 26.1 Å². The Labute approximate surface area is 143 Å². The second-order valence-corrected chi connectivity index (χ2v) is 13.4. The van der Waals surface area contributed by atoms with E-state index in [0.717, 1.165) is 0 Å². The maximum atomic E-state index is 11.9. The number of rotatable bonds is 7. The van der Waals surface area contributed by atoms with Crippen molar-refractivity contribution in [2.24, 2.45) is 0 Å². The van der Waals surface area contributed by atoms with E-state index in [9.17, 15) is 9.90 Å². The lowest BCUT2D eigenvalue weighted by atomic mass is 10.1. The van der Waals surface area contributed by atoms with Crippen LogP contribution in [0.3, 0.4) is 0 Å². The van der Waals surface area contributed by atoms with Gasteiger partial charge in [-0.15, -0.1) is 0 Å². The molecule has 0 unspecified atom stereocenters. The number of amides is 1. The SMILES string of the molecule is CC[C@@H](O)[C@H](CCO[Si](C)(C)C(C)(C)C)NC(=O)OC(C)(C)C. The smallest absolute Gasteiger partial charge is 0.407 e. The first-order chi connectivity index (χ1) is 10.2. The van der Waals surface area contributed by atoms with Crippen molar-refractivity contribution in [2.75, 3.05) is 6.61 Å². The molecule has 1 amide bonds. The third kappa shape index (κ3) is 8.72. The minimum Gasteiger partial charge on any atom is -0.444 e. The maximum absolute atomic E-state index is 11.9. The Morgan fingerprint density at radius 1 is 1.17 bits per heavy atom. The first kappa shape index (κ1) is 22.4. The van der Waals surface area contributed by atoms with Crippen LogP contribution in [0.5, 0.6) is 0 Å². The highest BCUT2D eigenvalue weighted by molar-refractivity contribution is 6.74. The van der Waals surface area contributed by atoms with Crippen molar-refractivity contribution < 1.29 is 19.1 Å². The standard InChI is InChI=1S/C17H37NO4Si/c1-10-14(19)13(18-15(20)22-16(2,3)4)11-12-21-23(8,9)17(5,6)7/h13-14,19H,10-12H2,1-9H3,(H,18,20)/t13-,14+/m0/s1. The normalized spacial score (nSPS) is 15.9. The predicted molar refractivity (Wildman–Crippen MR) is 97.2 cm³/mol. The molecule has 0 bridgehead atoms. The van der Waals surface area contributed by atoms with Crippen LogP contribution in [-0.4, -0.2) is 43.9 Å². The summed E-state index contributed by atoms with van der Waals surface area (Å²) in [5.74, 6) is 0. The first-order valence-electron chi connectivity index (χ1n) is 8.51.